The van der Waals surface area contributed by atoms with Crippen molar-refractivity contribution in [2.75, 3.05) is 18.0 Å². The number of para-hydroxylation sites is 1. The maximum Gasteiger partial charge on any atom is 0.147 e. The molecule has 0 saturated carbocycles. The average Bonchev–Trinajstić information content (AvgIpc) is 2.28. The van der Waals surface area contributed by atoms with E-state index in [2.05, 4.69) is 40.0 Å². The molecule has 100 valence electrons. The molecule has 4 heteroatoms. The summed E-state index contributed by atoms with van der Waals surface area (Å²) < 4.78 is 14.8. The van der Waals surface area contributed by atoms with Crippen LogP contribution in [0, 0.1) is 5.82 Å². The number of hydrogen-bond donors (Lipinski definition) is 1. The number of hydrogen-bond acceptors (Lipinski definition) is 2. The van der Waals surface area contributed by atoms with E-state index in [1.165, 1.54) is 12.5 Å². The van der Waals surface area contributed by atoms with Gasteiger partial charge in [-0.3, -0.25) is 0 Å². The highest BCUT2D eigenvalue weighted by atomic mass is 79.9. The Balaban J connectivity index is 2.13. The van der Waals surface area contributed by atoms with E-state index in [0.717, 1.165) is 24.0 Å². The largest absolute Gasteiger partial charge is 0.367 e. The first-order valence-electron chi connectivity index (χ1n) is 6.53. The quantitative estimate of drug-likeness (QED) is 0.917. The van der Waals surface area contributed by atoms with Crippen LogP contribution in [0.15, 0.2) is 22.7 Å². The van der Waals surface area contributed by atoms with Gasteiger partial charge in [0.25, 0.3) is 0 Å². The molecule has 0 spiro atoms. The number of piperidine rings is 1. The average molecular weight is 315 g/mol. The molecule has 1 N–H and O–H groups in total. The van der Waals surface area contributed by atoms with Crippen LogP contribution in [0.3, 0.4) is 0 Å². The van der Waals surface area contributed by atoms with Crippen LogP contribution in [-0.2, 0) is 0 Å². The van der Waals surface area contributed by atoms with Gasteiger partial charge >= 0.3 is 0 Å². The molecular formula is C14H20BrFN2. The van der Waals surface area contributed by atoms with Crippen molar-refractivity contribution in [3.05, 3.63) is 28.5 Å². The van der Waals surface area contributed by atoms with Crippen LogP contribution < -0.4 is 10.2 Å². The molecule has 1 saturated heterocycles. The molecule has 0 bridgehead atoms. The predicted molar refractivity (Wildman–Crippen MR) is 77.6 cm³/mol. The molecule has 1 atom stereocenters. The summed E-state index contributed by atoms with van der Waals surface area (Å²) in [5.41, 5.74) is 0.702. The van der Waals surface area contributed by atoms with Gasteiger partial charge in [-0.25, -0.2) is 4.39 Å². The van der Waals surface area contributed by atoms with Crippen molar-refractivity contribution >= 4 is 21.6 Å². The van der Waals surface area contributed by atoms with Gasteiger partial charge in [-0.05, 0) is 40.9 Å². The molecule has 0 amide bonds. The number of nitrogens with one attached hydrogen (secondary N) is 1. The Kier molecular flexibility index (Phi) is 4.62. The molecule has 1 aromatic carbocycles. The minimum absolute atomic E-state index is 0.144. The number of nitrogens with zero attached hydrogens (tertiary/aromatic N) is 1. The molecule has 0 aliphatic carbocycles. The van der Waals surface area contributed by atoms with Gasteiger partial charge in [0.2, 0.25) is 0 Å². The van der Waals surface area contributed by atoms with E-state index in [4.69, 9.17) is 0 Å². The van der Waals surface area contributed by atoms with Gasteiger partial charge in [-0.15, -0.1) is 0 Å². The lowest BCUT2D eigenvalue weighted by Crippen LogP contribution is -2.48. The third-order valence-electron chi connectivity index (χ3n) is 3.24. The summed E-state index contributed by atoms with van der Waals surface area (Å²) in [6.07, 6.45) is 2.27. The Labute approximate surface area is 117 Å². The van der Waals surface area contributed by atoms with E-state index in [0.29, 0.717) is 17.8 Å². The molecule has 18 heavy (non-hydrogen) atoms. The summed E-state index contributed by atoms with van der Waals surface area (Å²) in [5, 5.41) is 3.54. The van der Waals surface area contributed by atoms with Crippen LogP contribution in [0.1, 0.15) is 26.7 Å². The molecule has 0 aromatic heterocycles. The minimum Gasteiger partial charge on any atom is -0.367 e. The molecule has 1 heterocycles. The van der Waals surface area contributed by atoms with Crippen LogP contribution in [0.25, 0.3) is 0 Å². The monoisotopic (exact) mass is 314 g/mol. The van der Waals surface area contributed by atoms with Gasteiger partial charge in [0, 0.05) is 29.6 Å². The van der Waals surface area contributed by atoms with Crippen molar-refractivity contribution in [2.24, 2.45) is 0 Å². The third-order valence-corrected chi connectivity index (χ3v) is 3.88. The molecule has 0 radical (unpaired) electrons. The van der Waals surface area contributed by atoms with Crippen molar-refractivity contribution in [1.82, 2.24) is 5.32 Å². The molecular weight excluding hydrogens is 295 g/mol. The topological polar surface area (TPSA) is 15.3 Å². The zero-order valence-corrected chi connectivity index (χ0v) is 12.5. The van der Waals surface area contributed by atoms with E-state index < -0.39 is 0 Å². The first-order chi connectivity index (χ1) is 8.58. The van der Waals surface area contributed by atoms with Gasteiger partial charge in [-0.2, -0.15) is 0 Å². The van der Waals surface area contributed by atoms with E-state index >= 15 is 0 Å². The van der Waals surface area contributed by atoms with Gasteiger partial charge < -0.3 is 10.2 Å². The summed E-state index contributed by atoms with van der Waals surface area (Å²) >= 11 is 3.45. The van der Waals surface area contributed by atoms with E-state index in [9.17, 15) is 4.39 Å². The van der Waals surface area contributed by atoms with Gasteiger partial charge in [0.15, 0.2) is 0 Å². The zero-order chi connectivity index (χ0) is 13.1. The van der Waals surface area contributed by atoms with E-state index in [1.54, 1.807) is 6.07 Å². The summed E-state index contributed by atoms with van der Waals surface area (Å²) in [6.45, 7) is 6.10. The molecule has 1 aromatic rings. The Morgan fingerprint density at radius 1 is 1.44 bits per heavy atom. The molecule has 2 nitrogen and oxygen atoms in total. The standard InChI is InChI=1S/C14H20BrFN2/c1-10(2)17-11-5-4-8-18(9-11)14-12(15)6-3-7-13(14)16/h3,6-7,10-11,17H,4-5,8-9H2,1-2H3. The first kappa shape index (κ1) is 13.8. The fraction of sp³-hybridized carbons (Fsp3) is 0.571. The fourth-order valence-electron chi connectivity index (χ4n) is 2.58. The lowest BCUT2D eigenvalue weighted by atomic mass is 10.0. The maximum absolute atomic E-state index is 13.9. The first-order valence-corrected chi connectivity index (χ1v) is 7.32. The minimum atomic E-state index is -0.144. The Bertz CT molecular complexity index is 389. The number of anilines is 1. The Morgan fingerprint density at radius 2 is 2.22 bits per heavy atom. The lowest BCUT2D eigenvalue weighted by Gasteiger charge is -2.36. The van der Waals surface area contributed by atoms with E-state index in [-0.39, 0.29) is 5.82 Å². The number of benzene rings is 1. The molecule has 2 rings (SSSR count). The van der Waals surface area contributed by atoms with Gasteiger partial charge in [0.05, 0.1) is 5.69 Å². The van der Waals surface area contributed by atoms with Crippen molar-refractivity contribution < 1.29 is 4.39 Å². The summed E-state index contributed by atoms with van der Waals surface area (Å²) in [4.78, 5) is 2.14. The predicted octanol–water partition coefficient (Wildman–Crippen LogP) is 3.56. The van der Waals surface area contributed by atoms with Crippen LogP contribution in [0.5, 0.6) is 0 Å². The second-order valence-corrected chi connectivity index (χ2v) is 6.03. The summed E-state index contributed by atoms with van der Waals surface area (Å²) in [7, 11) is 0. The van der Waals surface area contributed by atoms with Gasteiger partial charge in [-0.1, -0.05) is 19.9 Å². The molecule has 1 unspecified atom stereocenters. The lowest BCUT2D eigenvalue weighted by molar-refractivity contribution is 0.392. The van der Waals surface area contributed by atoms with Crippen molar-refractivity contribution in [3.8, 4) is 0 Å². The summed E-state index contributed by atoms with van der Waals surface area (Å²) in [6, 6.07) is 6.08. The fourth-order valence-corrected chi connectivity index (χ4v) is 3.17. The van der Waals surface area contributed by atoms with Crippen LogP contribution in [0.4, 0.5) is 10.1 Å². The number of halogens is 2. The normalized spacial score (nSPS) is 20.5. The van der Waals surface area contributed by atoms with Crippen molar-refractivity contribution in [3.63, 3.8) is 0 Å². The second-order valence-electron chi connectivity index (χ2n) is 5.18. The second kappa shape index (κ2) is 6.02. The number of rotatable bonds is 3. The summed E-state index contributed by atoms with van der Waals surface area (Å²) in [5.74, 6) is -0.144. The maximum atomic E-state index is 13.9. The van der Waals surface area contributed by atoms with Crippen molar-refractivity contribution in [2.45, 2.75) is 38.8 Å². The highest BCUT2D eigenvalue weighted by Crippen LogP contribution is 2.31. The SMILES string of the molecule is CC(C)NC1CCCN(c2c(F)cccc2Br)C1. The van der Waals surface area contributed by atoms with Crippen molar-refractivity contribution in [1.29, 1.82) is 0 Å². The smallest absolute Gasteiger partial charge is 0.147 e. The molecule has 1 aliphatic heterocycles. The van der Waals surface area contributed by atoms with Crippen LogP contribution in [-0.4, -0.2) is 25.2 Å². The van der Waals surface area contributed by atoms with E-state index in [1.807, 2.05) is 6.07 Å². The van der Waals surface area contributed by atoms with Crippen LogP contribution in [0.2, 0.25) is 0 Å². The van der Waals surface area contributed by atoms with Gasteiger partial charge in [0.1, 0.15) is 5.82 Å². The molecule has 1 aliphatic rings. The third kappa shape index (κ3) is 3.23. The zero-order valence-electron chi connectivity index (χ0n) is 10.9. The highest BCUT2D eigenvalue weighted by molar-refractivity contribution is 9.10. The Morgan fingerprint density at radius 3 is 2.89 bits per heavy atom. The highest BCUT2D eigenvalue weighted by Gasteiger charge is 2.23. The Hall–Kier alpha value is -0.610. The molecule has 1 fully saturated rings. The van der Waals surface area contributed by atoms with Crippen LogP contribution >= 0.6 is 15.9 Å².